The average molecular weight is 388 g/mol. The van der Waals surface area contributed by atoms with Crippen LogP contribution in [0.15, 0.2) is 60.7 Å². The Hall–Kier alpha value is -1.80. The Labute approximate surface area is 165 Å². The second-order valence-corrected chi connectivity index (χ2v) is 6.73. The summed E-state index contributed by atoms with van der Waals surface area (Å²) in [4.78, 5) is 0. The van der Waals surface area contributed by atoms with Gasteiger partial charge in [0.15, 0.2) is 6.29 Å². The summed E-state index contributed by atoms with van der Waals surface area (Å²) >= 11 is 0. The first-order chi connectivity index (χ1) is 13.7. The molecule has 2 aromatic carbocycles. The first-order valence-electron chi connectivity index (χ1n) is 9.39. The molecule has 0 unspecified atom stereocenters. The fraction of sp³-hybridized carbons (Fsp3) is 0.455. The summed E-state index contributed by atoms with van der Waals surface area (Å²) in [6, 6.07) is 19.7. The lowest BCUT2D eigenvalue weighted by Gasteiger charge is -2.43. The number of aliphatic hydroxyl groups is 1. The van der Waals surface area contributed by atoms with Gasteiger partial charge in [0.1, 0.15) is 24.4 Å². The van der Waals surface area contributed by atoms with E-state index in [4.69, 9.17) is 23.7 Å². The molecule has 28 heavy (non-hydrogen) atoms. The smallest absolute Gasteiger partial charge is 0.186 e. The highest BCUT2D eigenvalue weighted by atomic mass is 16.7. The maximum atomic E-state index is 10.7. The Morgan fingerprint density at radius 1 is 0.821 bits per heavy atom. The molecule has 0 saturated carbocycles. The highest BCUT2D eigenvalue weighted by Gasteiger charge is 2.46. The van der Waals surface area contributed by atoms with Crippen LogP contribution in [0.1, 0.15) is 11.1 Å². The summed E-state index contributed by atoms with van der Waals surface area (Å²) in [5.41, 5.74) is 2.08. The van der Waals surface area contributed by atoms with E-state index in [2.05, 4.69) is 0 Å². The average Bonchev–Trinajstić information content (AvgIpc) is 2.75. The van der Waals surface area contributed by atoms with Crippen LogP contribution in [0.3, 0.4) is 0 Å². The number of hydrogen-bond donors (Lipinski definition) is 1. The lowest BCUT2D eigenvalue weighted by molar-refractivity contribution is -0.311. The predicted octanol–water partition coefficient (Wildman–Crippen LogP) is 2.54. The van der Waals surface area contributed by atoms with Crippen molar-refractivity contribution in [2.75, 3.05) is 20.8 Å². The van der Waals surface area contributed by atoms with Crippen molar-refractivity contribution in [1.29, 1.82) is 0 Å². The first-order valence-corrected chi connectivity index (χ1v) is 9.39. The van der Waals surface area contributed by atoms with Crippen molar-refractivity contribution in [3.8, 4) is 0 Å². The molecule has 1 N–H and O–H groups in total. The zero-order valence-electron chi connectivity index (χ0n) is 16.3. The molecule has 1 aliphatic heterocycles. The number of rotatable bonds is 9. The Kier molecular flexibility index (Phi) is 7.97. The molecule has 0 bridgehead atoms. The van der Waals surface area contributed by atoms with Gasteiger partial charge in [-0.25, -0.2) is 0 Å². The van der Waals surface area contributed by atoms with E-state index < -0.39 is 30.7 Å². The standard InChI is InChI=1S/C22H28O6/c1-24-20-19(23)18(15-26-13-16-9-5-3-6-10-16)28-22(25-2)21(20)27-14-17-11-7-4-8-12-17/h3-12,18-23H,13-15H2,1-2H3/t18-,19-,20+,21-,22+/m1/s1. The maximum Gasteiger partial charge on any atom is 0.186 e. The van der Waals surface area contributed by atoms with E-state index >= 15 is 0 Å². The molecule has 152 valence electrons. The summed E-state index contributed by atoms with van der Waals surface area (Å²) in [6.07, 6.45) is -3.28. The number of methoxy groups -OCH3 is 2. The number of hydrogen-bond acceptors (Lipinski definition) is 6. The van der Waals surface area contributed by atoms with Gasteiger partial charge in [0.25, 0.3) is 0 Å². The minimum Gasteiger partial charge on any atom is -0.387 e. The van der Waals surface area contributed by atoms with Crippen molar-refractivity contribution in [3.05, 3.63) is 71.8 Å². The van der Waals surface area contributed by atoms with Gasteiger partial charge in [0.05, 0.1) is 19.8 Å². The minimum atomic E-state index is -0.895. The van der Waals surface area contributed by atoms with Crippen molar-refractivity contribution in [2.45, 2.75) is 43.9 Å². The Balaban J connectivity index is 1.58. The Bertz CT molecular complexity index is 680. The molecule has 2 aromatic rings. The van der Waals surface area contributed by atoms with Crippen molar-refractivity contribution < 1.29 is 28.8 Å². The molecule has 1 fully saturated rings. The number of benzene rings is 2. The molecule has 0 aliphatic carbocycles. The first kappa shape index (κ1) is 20.9. The fourth-order valence-electron chi connectivity index (χ4n) is 3.30. The Morgan fingerprint density at radius 3 is 2.00 bits per heavy atom. The van der Waals surface area contributed by atoms with Crippen molar-refractivity contribution in [1.82, 2.24) is 0 Å². The Morgan fingerprint density at radius 2 is 1.43 bits per heavy atom. The van der Waals surface area contributed by atoms with Gasteiger partial charge in [-0.15, -0.1) is 0 Å². The maximum absolute atomic E-state index is 10.7. The second kappa shape index (κ2) is 10.7. The van der Waals surface area contributed by atoms with Crippen LogP contribution in [0.4, 0.5) is 0 Å². The molecule has 6 nitrogen and oxygen atoms in total. The number of aliphatic hydroxyl groups excluding tert-OH is 1. The largest absolute Gasteiger partial charge is 0.387 e. The van der Waals surface area contributed by atoms with Gasteiger partial charge in [-0.1, -0.05) is 60.7 Å². The zero-order valence-corrected chi connectivity index (χ0v) is 16.3. The lowest BCUT2D eigenvalue weighted by atomic mass is 9.98. The van der Waals surface area contributed by atoms with E-state index in [9.17, 15) is 5.11 Å². The summed E-state index contributed by atoms with van der Waals surface area (Å²) in [7, 11) is 3.10. The molecule has 0 amide bonds. The van der Waals surface area contributed by atoms with Gasteiger partial charge in [0, 0.05) is 14.2 Å². The van der Waals surface area contributed by atoms with Crippen molar-refractivity contribution >= 4 is 0 Å². The highest BCUT2D eigenvalue weighted by Crippen LogP contribution is 2.27. The summed E-state index contributed by atoms with van der Waals surface area (Å²) in [5, 5.41) is 10.7. The van der Waals surface area contributed by atoms with Crippen molar-refractivity contribution in [2.24, 2.45) is 0 Å². The fourth-order valence-corrected chi connectivity index (χ4v) is 3.30. The molecule has 0 spiro atoms. The third-order valence-corrected chi connectivity index (χ3v) is 4.80. The molecule has 1 saturated heterocycles. The van der Waals surface area contributed by atoms with Crippen molar-refractivity contribution in [3.63, 3.8) is 0 Å². The molecule has 3 rings (SSSR count). The third-order valence-electron chi connectivity index (χ3n) is 4.80. The zero-order chi connectivity index (χ0) is 19.8. The quantitative estimate of drug-likeness (QED) is 0.712. The van der Waals surface area contributed by atoms with Gasteiger partial charge in [-0.2, -0.15) is 0 Å². The van der Waals surface area contributed by atoms with Gasteiger partial charge in [-0.05, 0) is 11.1 Å². The minimum absolute atomic E-state index is 0.223. The van der Waals surface area contributed by atoms with Crippen LogP contribution in [-0.2, 0) is 36.9 Å². The van der Waals surface area contributed by atoms with Crippen LogP contribution >= 0.6 is 0 Å². The molecule has 1 aliphatic rings. The molecule has 6 heteroatoms. The predicted molar refractivity (Wildman–Crippen MR) is 104 cm³/mol. The van der Waals surface area contributed by atoms with Crippen LogP contribution < -0.4 is 0 Å². The van der Waals surface area contributed by atoms with E-state index in [-0.39, 0.29) is 6.61 Å². The highest BCUT2D eigenvalue weighted by molar-refractivity contribution is 5.14. The van der Waals surface area contributed by atoms with Gasteiger partial charge < -0.3 is 28.8 Å². The van der Waals surface area contributed by atoms with Crippen LogP contribution in [-0.4, -0.2) is 56.6 Å². The summed E-state index contributed by atoms with van der Waals surface area (Å²) < 4.78 is 28.7. The third kappa shape index (κ3) is 5.38. The monoisotopic (exact) mass is 388 g/mol. The second-order valence-electron chi connectivity index (χ2n) is 6.73. The van der Waals surface area contributed by atoms with Gasteiger partial charge >= 0.3 is 0 Å². The van der Waals surface area contributed by atoms with E-state index in [1.807, 2.05) is 60.7 Å². The SMILES string of the molecule is CO[C@H]1O[C@H](COCc2ccccc2)[C@@H](O)[C@H](OC)[C@H]1OCc1ccccc1. The number of ether oxygens (including phenoxy) is 5. The molecular formula is C22H28O6. The van der Waals surface area contributed by atoms with E-state index in [1.165, 1.54) is 0 Å². The van der Waals surface area contributed by atoms with E-state index in [0.29, 0.717) is 13.2 Å². The molecule has 0 aromatic heterocycles. The van der Waals surface area contributed by atoms with Gasteiger partial charge in [0.2, 0.25) is 0 Å². The lowest BCUT2D eigenvalue weighted by Crippen LogP contribution is -2.60. The molecular weight excluding hydrogens is 360 g/mol. The van der Waals surface area contributed by atoms with Crippen LogP contribution in [0, 0.1) is 0 Å². The molecule has 5 atom stereocenters. The van der Waals surface area contributed by atoms with E-state index in [1.54, 1.807) is 14.2 Å². The van der Waals surface area contributed by atoms with Crippen LogP contribution in [0.2, 0.25) is 0 Å². The molecule has 1 heterocycles. The molecule has 0 radical (unpaired) electrons. The van der Waals surface area contributed by atoms with Crippen LogP contribution in [0.5, 0.6) is 0 Å². The van der Waals surface area contributed by atoms with Gasteiger partial charge in [-0.3, -0.25) is 0 Å². The normalized spacial score (nSPS) is 27.6. The van der Waals surface area contributed by atoms with E-state index in [0.717, 1.165) is 11.1 Å². The summed E-state index contributed by atoms with van der Waals surface area (Å²) in [6.45, 7) is 1.04. The summed E-state index contributed by atoms with van der Waals surface area (Å²) in [5.74, 6) is 0. The topological polar surface area (TPSA) is 66.4 Å². The van der Waals surface area contributed by atoms with Crippen LogP contribution in [0.25, 0.3) is 0 Å².